The van der Waals surface area contributed by atoms with E-state index in [1.54, 1.807) is 12.1 Å². The number of nitrogens with one attached hydrogen (secondary N) is 1. The fourth-order valence-electron chi connectivity index (χ4n) is 2.56. The van der Waals surface area contributed by atoms with Crippen molar-refractivity contribution in [3.8, 4) is 6.07 Å². The molecule has 108 valence electrons. The predicted molar refractivity (Wildman–Crippen MR) is 76.2 cm³/mol. The van der Waals surface area contributed by atoms with Crippen LogP contribution in [-0.4, -0.2) is 34.9 Å². The van der Waals surface area contributed by atoms with Crippen LogP contribution >= 0.6 is 0 Å². The Balaban J connectivity index is 1.95. The Morgan fingerprint density at radius 1 is 1.55 bits per heavy atom. The van der Waals surface area contributed by atoms with E-state index in [1.807, 2.05) is 26.8 Å². The van der Waals surface area contributed by atoms with E-state index in [2.05, 4.69) is 10.3 Å². The molecular formula is C15H21N3O2. The maximum Gasteiger partial charge on any atom is 0.126 e. The lowest BCUT2D eigenvalue weighted by molar-refractivity contribution is -0.233. The molecule has 0 saturated heterocycles. The molecular weight excluding hydrogens is 254 g/mol. The molecule has 1 aliphatic rings. The zero-order chi connectivity index (χ0) is 14.8. The van der Waals surface area contributed by atoms with Gasteiger partial charge in [0.1, 0.15) is 11.9 Å². The molecule has 5 nitrogen and oxygen atoms in total. The number of ether oxygens (including phenoxy) is 1. The van der Waals surface area contributed by atoms with Gasteiger partial charge in [-0.05, 0) is 19.1 Å². The monoisotopic (exact) mass is 275 g/mol. The molecule has 1 saturated carbocycles. The quantitative estimate of drug-likeness (QED) is 0.858. The van der Waals surface area contributed by atoms with Gasteiger partial charge in [-0.15, -0.1) is 0 Å². The summed E-state index contributed by atoms with van der Waals surface area (Å²) in [5, 5.41) is 22.5. The van der Waals surface area contributed by atoms with Gasteiger partial charge in [0.25, 0.3) is 0 Å². The van der Waals surface area contributed by atoms with Crippen LogP contribution in [0.3, 0.4) is 0 Å². The highest BCUT2D eigenvalue weighted by molar-refractivity contribution is 5.39. The van der Waals surface area contributed by atoms with Crippen LogP contribution in [0.2, 0.25) is 0 Å². The first-order valence-corrected chi connectivity index (χ1v) is 6.87. The van der Waals surface area contributed by atoms with Gasteiger partial charge < -0.3 is 15.2 Å². The number of rotatable bonds is 5. The predicted octanol–water partition coefficient (Wildman–Crippen LogP) is 1.93. The molecule has 20 heavy (non-hydrogen) atoms. The Bertz CT molecular complexity index is 507. The molecule has 2 atom stereocenters. The van der Waals surface area contributed by atoms with Gasteiger partial charge in [-0.2, -0.15) is 5.26 Å². The topological polar surface area (TPSA) is 78.2 Å². The SMILES string of the molecule is CCO[C@@H]1C[C@](O)(CNc2ccc(C#N)cn2)C1(C)C. The van der Waals surface area contributed by atoms with Crippen molar-refractivity contribution in [2.75, 3.05) is 18.5 Å². The zero-order valence-electron chi connectivity index (χ0n) is 12.2. The van der Waals surface area contributed by atoms with Crippen molar-refractivity contribution < 1.29 is 9.84 Å². The minimum atomic E-state index is -0.803. The van der Waals surface area contributed by atoms with E-state index in [1.165, 1.54) is 6.20 Å². The number of pyridine rings is 1. The van der Waals surface area contributed by atoms with Crippen LogP contribution in [-0.2, 0) is 4.74 Å². The second-order valence-corrected chi connectivity index (χ2v) is 5.80. The zero-order valence-corrected chi connectivity index (χ0v) is 12.2. The summed E-state index contributed by atoms with van der Waals surface area (Å²) in [5.74, 6) is 0.660. The number of anilines is 1. The normalized spacial score (nSPS) is 27.4. The van der Waals surface area contributed by atoms with Crippen LogP contribution in [0.5, 0.6) is 0 Å². The summed E-state index contributed by atoms with van der Waals surface area (Å²) in [5.41, 5.74) is -0.569. The van der Waals surface area contributed by atoms with Gasteiger partial charge in [0.15, 0.2) is 0 Å². The Morgan fingerprint density at radius 2 is 2.30 bits per heavy atom. The molecule has 2 N–H and O–H groups in total. The standard InChI is InChI=1S/C15H21N3O2/c1-4-20-12-7-15(19,14(12,2)3)10-18-13-6-5-11(8-16)9-17-13/h5-6,9,12,19H,4,7,10H2,1-3H3,(H,17,18)/t12-,15+/m1/s1. The van der Waals surface area contributed by atoms with E-state index in [-0.39, 0.29) is 11.5 Å². The van der Waals surface area contributed by atoms with Crippen LogP contribution in [0.4, 0.5) is 5.82 Å². The summed E-state index contributed by atoms with van der Waals surface area (Å²) in [6.45, 7) is 7.08. The summed E-state index contributed by atoms with van der Waals surface area (Å²) in [7, 11) is 0. The van der Waals surface area contributed by atoms with Gasteiger partial charge in [0.2, 0.25) is 0 Å². The van der Waals surface area contributed by atoms with E-state index < -0.39 is 5.60 Å². The Kier molecular flexibility index (Phi) is 3.98. The molecule has 1 aromatic heterocycles. The third-order valence-corrected chi connectivity index (χ3v) is 4.35. The maximum atomic E-state index is 10.7. The Morgan fingerprint density at radius 3 is 2.80 bits per heavy atom. The van der Waals surface area contributed by atoms with Gasteiger partial charge in [-0.3, -0.25) is 0 Å². The molecule has 0 bridgehead atoms. The summed E-state index contributed by atoms with van der Waals surface area (Å²) in [4.78, 5) is 4.14. The summed E-state index contributed by atoms with van der Waals surface area (Å²) < 4.78 is 5.63. The molecule has 1 aromatic rings. The van der Waals surface area contributed by atoms with Gasteiger partial charge in [0.05, 0.1) is 17.3 Å². The van der Waals surface area contributed by atoms with E-state index >= 15 is 0 Å². The third-order valence-electron chi connectivity index (χ3n) is 4.35. The number of nitriles is 1. The van der Waals surface area contributed by atoms with Crippen LogP contribution < -0.4 is 5.32 Å². The second kappa shape index (κ2) is 5.39. The molecule has 0 spiro atoms. The van der Waals surface area contributed by atoms with Crippen molar-refractivity contribution >= 4 is 5.82 Å². The van der Waals surface area contributed by atoms with Crippen molar-refractivity contribution in [1.29, 1.82) is 5.26 Å². The van der Waals surface area contributed by atoms with Crippen LogP contribution in [0, 0.1) is 16.7 Å². The average molecular weight is 275 g/mol. The van der Waals surface area contributed by atoms with E-state index in [0.29, 0.717) is 31.0 Å². The third kappa shape index (κ3) is 2.49. The fraction of sp³-hybridized carbons (Fsp3) is 0.600. The minimum absolute atomic E-state index is 0.0909. The molecule has 1 aliphatic carbocycles. The number of hydrogen-bond acceptors (Lipinski definition) is 5. The average Bonchev–Trinajstić information content (AvgIpc) is 2.45. The van der Waals surface area contributed by atoms with Crippen LogP contribution in [0.1, 0.15) is 32.8 Å². The first-order chi connectivity index (χ1) is 9.43. The number of hydrogen-bond donors (Lipinski definition) is 2. The van der Waals surface area contributed by atoms with Crippen LogP contribution in [0.25, 0.3) is 0 Å². The molecule has 1 fully saturated rings. The van der Waals surface area contributed by atoms with Crippen molar-refractivity contribution in [3.05, 3.63) is 23.9 Å². The van der Waals surface area contributed by atoms with Gasteiger partial charge in [-0.25, -0.2) is 4.98 Å². The minimum Gasteiger partial charge on any atom is -0.387 e. The molecule has 0 aromatic carbocycles. The number of nitrogens with zero attached hydrogens (tertiary/aromatic N) is 2. The van der Waals surface area contributed by atoms with Gasteiger partial charge in [0, 0.05) is 31.2 Å². The maximum absolute atomic E-state index is 10.7. The van der Waals surface area contributed by atoms with E-state index in [4.69, 9.17) is 10.00 Å². The smallest absolute Gasteiger partial charge is 0.126 e. The lowest BCUT2D eigenvalue weighted by Crippen LogP contribution is -2.67. The molecule has 2 rings (SSSR count). The van der Waals surface area contributed by atoms with Crippen molar-refractivity contribution in [1.82, 2.24) is 4.98 Å². The Hall–Kier alpha value is -1.64. The molecule has 5 heteroatoms. The van der Waals surface area contributed by atoms with Gasteiger partial charge >= 0.3 is 0 Å². The number of aliphatic hydroxyl groups is 1. The molecule has 0 aliphatic heterocycles. The summed E-state index contributed by atoms with van der Waals surface area (Å²) >= 11 is 0. The Labute approximate surface area is 119 Å². The number of aromatic nitrogens is 1. The lowest BCUT2D eigenvalue weighted by atomic mass is 9.56. The first kappa shape index (κ1) is 14.8. The molecule has 1 heterocycles. The highest BCUT2D eigenvalue weighted by atomic mass is 16.5. The highest BCUT2D eigenvalue weighted by Gasteiger charge is 2.59. The lowest BCUT2D eigenvalue weighted by Gasteiger charge is -2.58. The second-order valence-electron chi connectivity index (χ2n) is 5.80. The molecule has 0 unspecified atom stereocenters. The first-order valence-electron chi connectivity index (χ1n) is 6.87. The van der Waals surface area contributed by atoms with Crippen molar-refractivity contribution in [2.45, 2.75) is 38.9 Å². The van der Waals surface area contributed by atoms with Gasteiger partial charge in [-0.1, -0.05) is 13.8 Å². The summed E-state index contributed by atoms with van der Waals surface area (Å²) in [6, 6.07) is 5.47. The fourth-order valence-corrected chi connectivity index (χ4v) is 2.56. The van der Waals surface area contributed by atoms with E-state index in [0.717, 1.165) is 0 Å². The molecule has 0 amide bonds. The van der Waals surface area contributed by atoms with E-state index in [9.17, 15) is 5.11 Å². The van der Waals surface area contributed by atoms with Crippen LogP contribution in [0.15, 0.2) is 18.3 Å². The molecule has 0 radical (unpaired) electrons. The highest BCUT2D eigenvalue weighted by Crippen LogP contribution is 2.51. The largest absolute Gasteiger partial charge is 0.387 e. The van der Waals surface area contributed by atoms with Crippen molar-refractivity contribution in [2.24, 2.45) is 5.41 Å². The van der Waals surface area contributed by atoms with Crippen molar-refractivity contribution in [3.63, 3.8) is 0 Å². The summed E-state index contributed by atoms with van der Waals surface area (Å²) in [6.07, 6.45) is 2.23.